The van der Waals surface area contributed by atoms with Crippen molar-refractivity contribution in [3.63, 3.8) is 0 Å². The molecule has 0 heterocycles. The standard InChI is InChI=1S/2C8H10.C3H6O.CH4/c2*1-2-8-6-4-3-5-7-8;1-3(2)4;/h2*3-7H,2H2,1H3;1-2H3;1H4. The molecule has 1 nitrogen and oxygen atoms in total. The number of benzene rings is 2. The minimum Gasteiger partial charge on any atom is -0.300 e. The molecule has 0 aromatic heterocycles. The number of carbonyl (C=O) groups excluding carboxylic acids is 1. The zero-order chi connectivity index (χ0) is 15.2. The van der Waals surface area contributed by atoms with Crippen molar-refractivity contribution in [1.82, 2.24) is 0 Å². The van der Waals surface area contributed by atoms with E-state index in [1.165, 1.54) is 25.0 Å². The van der Waals surface area contributed by atoms with Gasteiger partial charge in [-0.05, 0) is 37.8 Å². The van der Waals surface area contributed by atoms with Crippen molar-refractivity contribution in [2.75, 3.05) is 0 Å². The van der Waals surface area contributed by atoms with E-state index in [0.29, 0.717) is 0 Å². The average Bonchev–Trinajstić information content (AvgIpc) is 2.49. The first kappa shape index (κ1) is 21.4. The van der Waals surface area contributed by atoms with E-state index in [9.17, 15) is 4.79 Å². The van der Waals surface area contributed by atoms with Gasteiger partial charge >= 0.3 is 0 Å². The molecule has 0 saturated carbocycles. The highest BCUT2D eigenvalue weighted by molar-refractivity contribution is 5.72. The Balaban J connectivity index is 0. The Morgan fingerprint density at radius 1 is 0.714 bits per heavy atom. The highest BCUT2D eigenvalue weighted by atomic mass is 16.1. The quantitative estimate of drug-likeness (QED) is 0.689. The lowest BCUT2D eigenvalue weighted by atomic mass is 10.2. The normalized spacial score (nSPS) is 8.19. The van der Waals surface area contributed by atoms with Crippen LogP contribution in [0.3, 0.4) is 0 Å². The monoisotopic (exact) mass is 286 g/mol. The van der Waals surface area contributed by atoms with Crippen LogP contribution in [0.2, 0.25) is 0 Å². The van der Waals surface area contributed by atoms with Gasteiger partial charge in [-0.1, -0.05) is 81.9 Å². The Labute approximate surface area is 131 Å². The van der Waals surface area contributed by atoms with Gasteiger partial charge < -0.3 is 4.79 Å². The number of Topliss-reactive ketones (excluding diaryl/α,β-unsaturated/α-hetero) is 1. The summed E-state index contributed by atoms with van der Waals surface area (Å²) in [6.07, 6.45) is 2.28. The van der Waals surface area contributed by atoms with Crippen molar-refractivity contribution in [2.24, 2.45) is 0 Å². The van der Waals surface area contributed by atoms with E-state index in [0.717, 1.165) is 12.8 Å². The van der Waals surface area contributed by atoms with Crippen LogP contribution in [-0.2, 0) is 17.6 Å². The van der Waals surface area contributed by atoms with Gasteiger partial charge in [-0.2, -0.15) is 0 Å². The summed E-state index contributed by atoms with van der Waals surface area (Å²) < 4.78 is 0. The van der Waals surface area contributed by atoms with E-state index < -0.39 is 0 Å². The average molecular weight is 286 g/mol. The second-order valence-corrected chi connectivity index (χ2v) is 4.59. The summed E-state index contributed by atoms with van der Waals surface area (Å²) >= 11 is 0. The van der Waals surface area contributed by atoms with Crippen molar-refractivity contribution in [3.05, 3.63) is 71.8 Å². The highest BCUT2D eigenvalue weighted by Gasteiger charge is 1.80. The van der Waals surface area contributed by atoms with E-state index >= 15 is 0 Å². The third kappa shape index (κ3) is 14.3. The Morgan fingerprint density at radius 3 is 1.10 bits per heavy atom. The SMILES string of the molecule is C.CC(C)=O.CCc1ccccc1.CCc1ccccc1. The Hall–Kier alpha value is -1.89. The van der Waals surface area contributed by atoms with Gasteiger partial charge in [0.05, 0.1) is 0 Å². The van der Waals surface area contributed by atoms with Gasteiger partial charge in [-0.15, -0.1) is 0 Å². The van der Waals surface area contributed by atoms with E-state index in [2.05, 4.69) is 62.4 Å². The van der Waals surface area contributed by atoms with Crippen LogP contribution >= 0.6 is 0 Å². The van der Waals surface area contributed by atoms with Crippen LogP contribution in [-0.4, -0.2) is 5.78 Å². The molecule has 21 heavy (non-hydrogen) atoms. The maximum Gasteiger partial charge on any atom is 0.126 e. The number of carbonyl (C=O) groups is 1. The predicted molar refractivity (Wildman–Crippen MR) is 94.7 cm³/mol. The first-order valence-electron chi connectivity index (χ1n) is 7.15. The third-order valence-electron chi connectivity index (χ3n) is 2.50. The lowest BCUT2D eigenvalue weighted by Crippen LogP contribution is -1.73. The fourth-order valence-electron chi connectivity index (χ4n) is 1.43. The van der Waals surface area contributed by atoms with E-state index in [4.69, 9.17) is 0 Å². The molecule has 0 bridgehead atoms. The molecule has 2 aromatic carbocycles. The summed E-state index contributed by atoms with van der Waals surface area (Å²) in [6, 6.07) is 20.9. The number of hydrogen-bond donors (Lipinski definition) is 0. The summed E-state index contributed by atoms with van der Waals surface area (Å²) in [4.78, 5) is 9.44. The summed E-state index contributed by atoms with van der Waals surface area (Å²) in [5.41, 5.74) is 2.82. The number of rotatable bonds is 2. The molecule has 116 valence electrons. The summed E-state index contributed by atoms with van der Waals surface area (Å²) in [6.45, 7) is 7.38. The summed E-state index contributed by atoms with van der Waals surface area (Å²) in [5, 5.41) is 0. The Bertz CT molecular complexity index is 402. The van der Waals surface area contributed by atoms with Crippen LogP contribution in [0.4, 0.5) is 0 Å². The maximum absolute atomic E-state index is 9.44. The number of ketones is 1. The Kier molecular flexibility index (Phi) is 14.8. The predicted octanol–water partition coefficient (Wildman–Crippen LogP) is 5.73. The highest BCUT2D eigenvalue weighted by Crippen LogP contribution is 1.97. The molecule has 2 aromatic rings. The van der Waals surface area contributed by atoms with E-state index in [1.807, 2.05) is 12.1 Å². The molecular formula is C20H30O. The maximum atomic E-state index is 9.44. The lowest BCUT2D eigenvalue weighted by Gasteiger charge is -1.89. The fraction of sp³-hybridized carbons (Fsp3) is 0.350. The summed E-state index contributed by atoms with van der Waals surface area (Å²) in [7, 11) is 0. The van der Waals surface area contributed by atoms with Crippen LogP contribution in [0, 0.1) is 0 Å². The van der Waals surface area contributed by atoms with Crippen molar-refractivity contribution in [1.29, 1.82) is 0 Å². The smallest absolute Gasteiger partial charge is 0.126 e. The lowest BCUT2D eigenvalue weighted by molar-refractivity contribution is -0.114. The van der Waals surface area contributed by atoms with Gasteiger partial charge in [0.15, 0.2) is 0 Å². The van der Waals surface area contributed by atoms with Gasteiger partial charge in [-0.3, -0.25) is 0 Å². The topological polar surface area (TPSA) is 17.1 Å². The minimum absolute atomic E-state index is 0. The number of aryl methyl sites for hydroxylation is 2. The molecule has 0 amide bonds. The molecule has 0 aliphatic heterocycles. The van der Waals surface area contributed by atoms with E-state index in [-0.39, 0.29) is 13.2 Å². The zero-order valence-electron chi connectivity index (χ0n) is 13.1. The molecule has 0 aliphatic carbocycles. The minimum atomic E-state index is 0. The van der Waals surface area contributed by atoms with Crippen molar-refractivity contribution >= 4 is 5.78 Å². The van der Waals surface area contributed by atoms with Crippen LogP contribution < -0.4 is 0 Å². The second kappa shape index (κ2) is 14.5. The molecule has 0 N–H and O–H groups in total. The van der Waals surface area contributed by atoms with Gasteiger partial charge in [0.2, 0.25) is 0 Å². The third-order valence-corrected chi connectivity index (χ3v) is 2.50. The van der Waals surface area contributed by atoms with Gasteiger partial charge in [0.25, 0.3) is 0 Å². The molecule has 0 fully saturated rings. The van der Waals surface area contributed by atoms with Crippen LogP contribution in [0.25, 0.3) is 0 Å². The van der Waals surface area contributed by atoms with Crippen LogP contribution in [0.15, 0.2) is 60.7 Å². The van der Waals surface area contributed by atoms with Crippen LogP contribution in [0.5, 0.6) is 0 Å². The first-order valence-corrected chi connectivity index (χ1v) is 7.15. The van der Waals surface area contributed by atoms with Gasteiger partial charge in [0.1, 0.15) is 5.78 Å². The molecular weight excluding hydrogens is 256 g/mol. The Morgan fingerprint density at radius 2 is 0.952 bits per heavy atom. The molecule has 0 aliphatic rings. The second-order valence-electron chi connectivity index (χ2n) is 4.59. The van der Waals surface area contributed by atoms with Crippen molar-refractivity contribution in [2.45, 2.75) is 48.0 Å². The molecule has 0 saturated heterocycles. The van der Waals surface area contributed by atoms with Gasteiger partial charge in [-0.25, -0.2) is 0 Å². The summed E-state index contributed by atoms with van der Waals surface area (Å²) in [5.74, 6) is 0.167. The fourth-order valence-corrected chi connectivity index (χ4v) is 1.43. The molecule has 0 spiro atoms. The number of hydrogen-bond acceptors (Lipinski definition) is 1. The van der Waals surface area contributed by atoms with Crippen molar-refractivity contribution < 1.29 is 4.79 Å². The van der Waals surface area contributed by atoms with E-state index in [1.54, 1.807) is 0 Å². The zero-order valence-corrected chi connectivity index (χ0v) is 13.1. The molecule has 0 radical (unpaired) electrons. The molecule has 0 atom stereocenters. The van der Waals surface area contributed by atoms with Gasteiger partial charge in [0, 0.05) is 0 Å². The molecule has 2 rings (SSSR count). The van der Waals surface area contributed by atoms with Crippen molar-refractivity contribution in [3.8, 4) is 0 Å². The van der Waals surface area contributed by atoms with Crippen LogP contribution in [0.1, 0.15) is 46.2 Å². The molecule has 1 heteroatoms. The molecule has 0 unspecified atom stereocenters. The largest absolute Gasteiger partial charge is 0.300 e. The first-order chi connectivity index (χ1) is 9.60.